The highest BCUT2D eigenvalue weighted by Crippen LogP contribution is 2.15. The Labute approximate surface area is 183 Å². The second kappa shape index (κ2) is 11.7. The number of para-hydroxylation sites is 1. The highest BCUT2D eigenvalue weighted by atomic mass is 127. The van der Waals surface area contributed by atoms with Gasteiger partial charge >= 0.3 is 0 Å². The van der Waals surface area contributed by atoms with E-state index in [-0.39, 0.29) is 24.0 Å². The van der Waals surface area contributed by atoms with Crippen molar-refractivity contribution in [3.63, 3.8) is 0 Å². The lowest BCUT2D eigenvalue weighted by Crippen LogP contribution is -2.38. The summed E-state index contributed by atoms with van der Waals surface area (Å²) < 4.78 is 2.27. The van der Waals surface area contributed by atoms with Gasteiger partial charge in [0.1, 0.15) is 0 Å². The van der Waals surface area contributed by atoms with Crippen molar-refractivity contribution < 1.29 is 5.11 Å². The summed E-state index contributed by atoms with van der Waals surface area (Å²) in [6, 6.07) is 14.2. The second-order valence-electron chi connectivity index (χ2n) is 6.36. The van der Waals surface area contributed by atoms with Gasteiger partial charge in [-0.3, -0.25) is 9.98 Å². The first-order valence-electron chi connectivity index (χ1n) is 9.42. The normalized spacial score (nSPS) is 12.4. The van der Waals surface area contributed by atoms with E-state index in [2.05, 4.69) is 61.7 Å². The third-order valence-electron chi connectivity index (χ3n) is 4.41. The van der Waals surface area contributed by atoms with Crippen LogP contribution in [0, 0.1) is 0 Å². The van der Waals surface area contributed by atoms with Crippen LogP contribution in [0.25, 0.3) is 10.9 Å². The van der Waals surface area contributed by atoms with E-state index in [9.17, 15) is 5.11 Å². The average molecular weight is 493 g/mol. The molecule has 1 unspecified atom stereocenters. The highest BCUT2D eigenvalue weighted by Gasteiger charge is 2.07. The molecule has 0 fully saturated rings. The van der Waals surface area contributed by atoms with Crippen LogP contribution in [0.3, 0.4) is 0 Å². The molecule has 3 N–H and O–H groups in total. The molecule has 0 bridgehead atoms. The van der Waals surface area contributed by atoms with Crippen molar-refractivity contribution >= 4 is 40.8 Å². The van der Waals surface area contributed by atoms with E-state index >= 15 is 0 Å². The lowest BCUT2D eigenvalue weighted by Gasteiger charge is -2.13. The Morgan fingerprint density at radius 1 is 1.14 bits per heavy atom. The van der Waals surface area contributed by atoms with Gasteiger partial charge in [-0.1, -0.05) is 18.2 Å². The number of aliphatic imine (C=N–C) groups is 1. The lowest BCUT2D eigenvalue weighted by atomic mass is 10.1. The molecule has 28 heavy (non-hydrogen) atoms. The highest BCUT2D eigenvalue weighted by molar-refractivity contribution is 14.0. The number of halogens is 1. The number of rotatable bonds is 8. The summed E-state index contributed by atoms with van der Waals surface area (Å²) in [6.07, 6.45) is 5.84. The zero-order valence-corrected chi connectivity index (χ0v) is 18.4. The monoisotopic (exact) mass is 493 g/mol. The van der Waals surface area contributed by atoms with Crippen LogP contribution in [-0.2, 0) is 6.54 Å². The van der Waals surface area contributed by atoms with Crippen LogP contribution in [0.15, 0.2) is 66.0 Å². The average Bonchev–Trinajstić information content (AvgIpc) is 3.13. The summed E-state index contributed by atoms with van der Waals surface area (Å²) in [4.78, 5) is 8.46. The largest absolute Gasteiger partial charge is 0.386 e. The Morgan fingerprint density at radius 2 is 1.93 bits per heavy atom. The number of pyridine rings is 1. The fourth-order valence-corrected chi connectivity index (χ4v) is 3.00. The van der Waals surface area contributed by atoms with Crippen LogP contribution < -0.4 is 10.6 Å². The fourth-order valence-electron chi connectivity index (χ4n) is 3.00. The van der Waals surface area contributed by atoms with E-state index in [0.29, 0.717) is 6.54 Å². The van der Waals surface area contributed by atoms with Crippen LogP contribution in [0.5, 0.6) is 0 Å². The number of aryl methyl sites for hydroxylation is 1. The maximum atomic E-state index is 10.2. The van der Waals surface area contributed by atoms with Gasteiger partial charge in [-0.25, -0.2) is 0 Å². The van der Waals surface area contributed by atoms with Crippen molar-refractivity contribution in [3.8, 4) is 0 Å². The third kappa shape index (κ3) is 6.20. The van der Waals surface area contributed by atoms with Gasteiger partial charge in [-0.2, -0.15) is 0 Å². The fraction of sp³-hybridized carbons (Fsp3) is 0.333. The molecule has 7 heteroatoms. The number of aliphatic hydroxyl groups is 1. The molecular formula is C21H28IN5O. The van der Waals surface area contributed by atoms with Gasteiger partial charge in [-0.05, 0) is 48.6 Å². The Hall–Kier alpha value is -2.13. The van der Waals surface area contributed by atoms with Gasteiger partial charge < -0.3 is 20.3 Å². The van der Waals surface area contributed by atoms with Crippen LogP contribution in [0.1, 0.15) is 25.0 Å². The Bertz CT molecular complexity index is 865. The molecule has 150 valence electrons. The number of guanidine groups is 1. The number of fused-ring (bicyclic) bond motifs is 1. The van der Waals surface area contributed by atoms with Gasteiger partial charge in [0.2, 0.25) is 0 Å². The molecule has 0 aliphatic rings. The molecular weight excluding hydrogens is 465 g/mol. The number of hydrogen-bond donors (Lipinski definition) is 3. The van der Waals surface area contributed by atoms with Crippen molar-refractivity contribution in [3.05, 3.63) is 66.6 Å². The number of hydrogen-bond acceptors (Lipinski definition) is 3. The summed E-state index contributed by atoms with van der Waals surface area (Å²) in [7, 11) is 0. The third-order valence-corrected chi connectivity index (χ3v) is 4.41. The molecule has 0 spiro atoms. The number of aromatic nitrogens is 2. The Morgan fingerprint density at radius 3 is 2.71 bits per heavy atom. The van der Waals surface area contributed by atoms with E-state index in [1.165, 1.54) is 10.9 Å². The molecule has 0 radical (unpaired) electrons. The van der Waals surface area contributed by atoms with Crippen LogP contribution in [0.2, 0.25) is 0 Å². The zero-order valence-electron chi connectivity index (χ0n) is 16.1. The van der Waals surface area contributed by atoms with Crippen LogP contribution in [-0.4, -0.2) is 40.3 Å². The van der Waals surface area contributed by atoms with Crippen molar-refractivity contribution in [1.29, 1.82) is 0 Å². The maximum absolute atomic E-state index is 10.2. The summed E-state index contributed by atoms with van der Waals surface area (Å²) in [5.74, 6) is 0.725. The summed E-state index contributed by atoms with van der Waals surface area (Å²) >= 11 is 0. The number of aliphatic hydroxyl groups excluding tert-OH is 1. The second-order valence-corrected chi connectivity index (χ2v) is 6.36. The minimum atomic E-state index is -0.630. The summed E-state index contributed by atoms with van der Waals surface area (Å²) in [6.45, 7) is 4.87. The van der Waals surface area contributed by atoms with E-state index in [0.717, 1.165) is 37.6 Å². The van der Waals surface area contributed by atoms with Crippen molar-refractivity contribution in [2.45, 2.75) is 26.0 Å². The SMILES string of the molecule is CCNC(=NCC(O)c1ccncc1)NCCCn1ccc2ccccc21.I. The van der Waals surface area contributed by atoms with Gasteiger partial charge in [-0.15, -0.1) is 24.0 Å². The molecule has 3 rings (SSSR count). The molecule has 2 aromatic heterocycles. The smallest absolute Gasteiger partial charge is 0.191 e. The van der Waals surface area contributed by atoms with Crippen LogP contribution in [0.4, 0.5) is 0 Å². The van der Waals surface area contributed by atoms with E-state index in [1.807, 2.05) is 19.1 Å². The molecule has 1 atom stereocenters. The van der Waals surface area contributed by atoms with Crippen molar-refractivity contribution in [2.75, 3.05) is 19.6 Å². The van der Waals surface area contributed by atoms with Crippen molar-refractivity contribution in [2.24, 2.45) is 4.99 Å². The number of nitrogens with one attached hydrogen (secondary N) is 2. The molecule has 2 heterocycles. The molecule has 3 aromatic rings. The Balaban J connectivity index is 0.00000280. The number of benzene rings is 1. The molecule has 0 saturated carbocycles. The molecule has 6 nitrogen and oxygen atoms in total. The summed E-state index contributed by atoms with van der Waals surface area (Å²) in [5.41, 5.74) is 2.09. The zero-order chi connectivity index (χ0) is 18.9. The van der Waals surface area contributed by atoms with E-state index in [1.54, 1.807) is 12.4 Å². The quantitative estimate of drug-likeness (QED) is 0.195. The topological polar surface area (TPSA) is 74.5 Å². The number of nitrogens with zero attached hydrogens (tertiary/aromatic N) is 3. The standard InChI is InChI=1S/C21H27N5O.HI/c1-2-23-21(25-16-20(27)18-8-12-22-13-9-18)24-11-5-14-26-15-10-17-6-3-4-7-19(17)26;/h3-4,6-10,12-13,15,20,27H,2,5,11,14,16H2,1H3,(H2,23,24,25);1H. The molecule has 0 aliphatic carbocycles. The summed E-state index contributed by atoms with van der Waals surface area (Å²) in [5, 5.41) is 18.1. The van der Waals surface area contributed by atoms with Gasteiger partial charge in [0.15, 0.2) is 5.96 Å². The lowest BCUT2D eigenvalue weighted by molar-refractivity contribution is 0.187. The van der Waals surface area contributed by atoms with Gasteiger partial charge in [0, 0.05) is 43.7 Å². The van der Waals surface area contributed by atoms with E-state index in [4.69, 9.17) is 0 Å². The van der Waals surface area contributed by atoms with Gasteiger partial charge in [0.25, 0.3) is 0 Å². The maximum Gasteiger partial charge on any atom is 0.191 e. The predicted molar refractivity (Wildman–Crippen MR) is 125 cm³/mol. The van der Waals surface area contributed by atoms with Gasteiger partial charge in [0.05, 0.1) is 12.6 Å². The van der Waals surface area contributed by atoms with Crippen molar-refractivity contribution in [1.82, 2.24) is 20.2 Å². The molecule has 0 aliphatic heterocycles. The first-order chi connectivity index (χ1) is 13.3. The molecule has 0 saturated heterocycles. The van der Waals surface area contributed by atoms with E-state index < -0.39 is 6.10 Å². The van der Waals surface area contributed by atoms with Crippen LogP contribution >= 0.6 is 24.0 Å². The molecule has 1 aromatic carbocycles. The molecule has 0 amide bonds. The first-order valence-corrected chi connectivity index (χ1v) is 9.42. The minimum absolute atomic E-state index is 0. The Kier molecular flexibility index (Phi) is 9.22. The predicted octanol–water partition coefficient (Wildman–Crippen LogP) is 3.33. The minimum Gasteiger partial charge on any atom is -0.386 e. The first kappa shape index (κ1) is 22.2.